The van der Waals surface area contributed by atoms with E-state index in [1.165, 1.54) is 25.4 Å². The summed E-state index contributed by atoms with van der Waals surface area (Å²) < 4.78 is 7.20. The highest BCUT2D eigenvalue weighted by Crippen LogP contribution is 2.28. The zero-order valence-corrected chi connectivity index (χ0v) is 14.9. The lowest BCUT2D eigenvalue weighted by Crippen LogP contribution is -2.16. The van der Waals surface area contributed by atoms with E-state index < -0.39 is 0 Å². The quantitative estimate of drug-likeness (QED) is 0.734. The second kappa shape index (κ2) is 6.94. The van der Waals surface area contributed by atoms with Crippen LogP contribution in [0, 0.1) is 6.92 Å². The van der Waals surface area contributed by atoms with Crippen molar-refractivity contribution in [2.45, 2.75) is 20.3 Å². The fourth-order valence-electron chi connectivity index (χ4n) is 2.51. The SMILES string of the molecule is COc1ccc(NC(C)=O)cc1NC(=O)Cc1csc2nc(C)cn12. The predicted molar refractivity (Wildman–Crippen MR) is 97.4 cm³/mol. The molecule has 3 rings (SSSR count). The summed E-state index contributed by atoms with van der Waals surface area (Å²) in [6.07, 6.45) is 2.12. The van der Waals surface area contributed by atoms with Gasteiger partial charge in [-0.2, -0.15) is 0 Å². The normalized spacial score (nSPS) is 10.7. The van der Waals surface area contributed by atoms with Crippen molar-refractivity contribution in [3.05, 3.63) is 41.2 Å². The van der Waals surface area contributed by atoms with Gasteiger partial charge >= 0.3 is 0 Å². The van der Waals surface area contributed by atoms with Crippen molar-refractivity contribution in [1.29, 1.82) is 0 Å². The second-order valence-electron chi connectivity index (χ2n) is 5.58. The van der Waals surface area contributed by atoms with Gasteiger partial charge in [0, 0.05) is 29.9 Å². The van der Waals surface area contributed by atoms with Crippen molar-refractivity contribution < 1.29 is 14.3 Å². The zero-order chi connectivity index (χ0) is 18.0. The number of carbonyl (C=O) groups is 2. The van der Waals surface area contributed by atoms with Crippen molar-refractivity contribution >= 4 is 39.5 Å². The summed E-state index contributed by atoms with van der Waals surface area (Å²) >= 11 is 1.50. The van der Waals surface area contributed by atoms with Crippen LogP contribution < -0.4 is 15.4 Å². The molecule has 0 radical (unpaired) electrons. The number of aryl methyl sites for hydroxylation is 1. The number of nitrogens with zero attached hydrogens (tertiary/aromatic N) is 2. The molecule has 2 amide bonds. The number of anilines is 2. The van der Waals surface area contributed by atoms with Crippen LogP contribution in [0.15, 0.2) is 29.8 Å². The molecule has 8 heteroatoms. The standard InChI is InChI=1S/C17H18N4O3S/c1-10-8-21-13(9-25-17(21)18-10)7-16(23)20-14-6-12(19-11(2)22)4-5-15(14)24-3/h4-6,8-9H,7H2,1-3H3,(H,19,22)(H,20,23). The molecule has 7 nitrogen and oxygen atoms in total. The molecule has 0 spiro atoms. The molecule has 0 atom stereocenters. The van der Waals surface area contributed by atoms with Crippen LogP contribution in [-0.2, 0) is 16.0 Å². The second-order valence-corrected chi connectivity index (χ2v) is 6.42. The van der Waals surface area contributed by atoms with Crippen LogP contribution in [0.5, 0.6) is 5.75 Å². The topological polar surface area (TPSA) is 84.7 Å². The van der Waals surface area contributed by atoms with Gasteiger partial charge in [-0.05, 0) is 25.1 Å². The highest BCUT2D eigenvalue weighted by molar-refractivity contribution is 7.15. The number of benzene rings is 1. The monoisotopic (exact) mass is 358 g/mol. The van der Waals surface area contributed by atoms with Gasteiger partial charge in [0.2, 0.25) is 11.8 Å². The Morgan fingerprint density at radius 2 is 2.12 bits per heavy atom. The Labute approximate surface area is 148 Å². The minimum Gasteiger partial charge on any atom is -0.495 e. The molecule has 0 saturated carbocycles. The Kier molecular flexibility index (Phi) is 4.71. The Balaban J connectivity index is 1.78. The van der Waals surface area contributed by atoms with Gasteiger partial charge in [-0.25, -0.2) is 4.98 Å². The lowest BCUT2D eigenvalue weighted by Gasteiger charge is -2.12. The highest BCUT2D eigenvalue weighted by atomic mass is 32.1. The van der Waals surface area contributed by atoms with Gasteiger partial charge in [-0.15, -0.1) is 11.3 Å². The number of methoxy groups -OCH3 is 1. The van der Waals surface area contributed by atoms with E-state index in [0.29, 0.717) is 17.1 Å². The first-order chi connectivity index (χ1) is 12.0. The fourth-order valence-corrected chi connectivity index (χ4v) is 3.43. The summed E-state index contributed by atoms with van der Waals surface area (Å²) in [7, 11) is 1.53. The summed E-state index contributed by atoms with van der Waals surface area (Å²) in [6.45, 7) is 3.35. The predicted octanol–water partition coefficient (Wildman–Crippen LogP) is 2.85. The first-order valence-corrected chi connectivity index (χ1v) is 8.52. The third kappa shape index (κ3) is 3.80. The molecular formula is C17H18N4O3S. The number of thiazole rings is 1. The molecule has 25 heavy (non-hydrogen) atoms. The first-order valence-electron chi connectivity index (χ1n) is 7.64. The van der Waals surface area contributed by atoms with Crippen LogP contribution >= 0.6 is 11.3 Å². The van der Waals surface area contributed by atoms with Gasteiger partial charge in [-0.1, -0.05) is 0 Å². The van der Waals surface area contributed by atoms with Crippen molar-refractivity contribution in [2.75, 3.05) is 17.7 Å². The van der Waals surface area contributed by atoms with Crippen molar-refractivity contribution in [2.24, 2.45) is 0 Å². The van der Waals surface area contributed by atoms with E-state index in [0.717, 1.165) is 16.3 Å². The highest BCUT2D eigenvalue weighted by Gasteiger charge is 2.13. The van der Waals surface area contributed by atoms with E-state index in [1.54, 1.807) is 18.2 Å². The van der Waals surface area contributed by atoms with Crippen LogP contribution in [0.25, 0.3) is 4.96 Å². The van der Waals surface area contributed by atoms with E-state index in [1.807, 2.05) is 22.9 Å². The number of fused-ring (bicyclic) bond motifs is 1. The van der Waals surface area contributed by atoms with Crippen molar-refractivity contribution in [3.63, 3.8) is 0 Å². The molecule has 2 N–H and O–H groups in total. The maximum Gasteiger partial charge on any atom is 0.230 e. The largest absolute Gasteiger partial charge is 0.495 e. The number of aromatic nitrogens is 2. The zero-order valence-electron chi connectivity index (χ0n) is 14.1. The number of carbonyl (C=O) groups excluding carboxylic acids is 2. The summed E-state index contributed by atoms with van der Waals surface area (Å²) in [5.74, 6) is 0.166. The van der Waals surface area contributed by atoms with Gasteiger partial charge in [-0.3, -0.25) is 14.0 Å². The smallest absolute Gasteiger partial charge is 0.230 e. The molecule has 3 aromatic rings. The van der Waals surface area contributed by atoms with Crippen molar-refractivity contribution in [3.8, 4) is 5.75 Å². The Morgan fingerprint density at radius 1 is 1.32 bits per heavy atom. The first kappa shape index (κ1) is 17.0. The summed E-state index contributed by atoms with van der Waals surface area (Å²) in [4.78, 5) is 28.9. The van der Waals surface area contributed by atoms with Gasteiger partial charge in [0.05, 0.1) is 24.9 Å². The summed E-state index contributed by atoms with van der Waals surface area (Å²) in [5, 5.41) is 7.45. The maximum atomic E-state index is 12.4. The van der Waals surface area contributed by atoms with Crippen LogP contribution in [-0.4, -0.2) is 28.3 Å². The molecule has 0 unspecified atom stereocenters. The third-order valence-corrected chi connectivity index (χ3v) is 4.43. The molecule has 130 valence electrons. The lowest BCUT2D eigenvalue weighted by molar-refractivity contribution is -0.116. The third-order valence-electron chi connectivity index (χ3n) is 3.54. The molecule has 0 bridgehead atoms. The van der Waals surface area contributed by atoms with Crippen LogP contribution in [0.2, 0.25) is 0 Å². The molecule has 0 fully saturated rings. The molecule has 0 aliphatic rings. The van der Waals surface area contributed by atoms with Crippen LogP contribution in [0.3, 0.4) is 0 Å². The van der Waals surface area contributed by atoms with Gasteiger partial charge in [0.15, 0.2) is 4.96 Å². The lowest BCUT2D eigenvalue weighted by atomic mass is 10.2. The average Bonchev–Trinajstić information content (AvgIpc) is 3.07. The minimum absolute atomic E-state index is 0.177. The van der Waals surface area contributed by atoms with Gasteiger partial charge < -0.3 is 15.4 Å². The molecule has 0 aliphatic heterocycles. The minimum atomic E-state index is -0.182. The van der Waals surface area contributed by atoms with E-state index in [4.69, 9.17) is 4.74 Å². The number of nitrogens with one attached hydrogen (secondary N) is 2. The van der Waals surface area contributed by atoms with Crippen LogP contribution in [0.1, 0.15) is 18.3 Å². The number of imidazole rings is 1. The molecule has 2 aromatic heterocycles. The maximum absolute atomic E-state index is 12.4. The molecule has 0 saturated heterocycles. The number of amides is 2. The van der Waals surface area contributed by atoms with Gasteiger partial charge in [0.1, 0.15) is 5.75 Å². The Morgan fingerprint density at radius 3 is 2.84 bits per heavy atom. The van der Waals surface area contributed by atoms with Crippen LogP contribution in [0.4, 0.5) is 11.4 Å². The summed E-state index contributed by atoms with van der Waals surface area (Å²) in [5.41, 5.74) is 2.88. The fraction of sp³-hybridized carbons (Fsp3) is 0.235. The van der Waals surface area contributed by atoms with E-state index >= 15 is 0 Å². The average molecular weight is 358 g/mol. The number of rotatable bonds is 5. The molecule has 0 aliphatic carbocycles. The molecule has 2 heterocycles. The molecule has 1 aromatic carbocycles. The summed E-state index contributed by atoms with van der Waals surface area (Å²) in [6, 6.07) is 5.08. The molecular weight excluding hydrogens is 340 g/mol. The Bertz CT molecular complexity index is 945. The van der Waals surface area contributed by atoms with Crippen molar-refractivity contribution in [1.82, 2.24) is 9.38 Å². The number of ether oxygens (including phenoxy) is 1. The van der Waals surface area contributed by atoms with E-state index in [2.05, 4.69) is 15.6 Å². The number of hydrogen-bond donors (Lipinski definition) is 2. The number of hydrogen-bond acceptors (Lipinski definition) is 5. The van der Waals surface area contributed by atoms with E-state index in [-0.39, 0.29) is 18.2 Å². The van der Waals surface area contributed by atoms with E-state index in [9.17, 15) is 9.59 Å². The van der Waals surface area contributed by atoms with Gasteiger partial charge in [0.25, 0.3) is 0 Å². The Hall–Kier alpha value is -2.87.